The molecule has 2 heterocycles. The van der Waals surface area contributed by atoms with Gasteiger partial charge >= 0.3 is 0 Å². The number of rotatable bonds is 5. The maximum atomic E-state index is 5.95. The Balaban J connectivity index is 2.07. The van der Waals surface area contributed by atoms with Crippen molar-refractivity contribution in [2.24, 2.45) is 5.73 Å². The molecule has 92 valence electrons. The van der Waals surface area contributed by atoms with Gasteiger partial charge in [0.25, 0.3) is 0 Å². The lowest BCUT2D eigenvalue weighted by molar-refractivity contribution is 0.243. The average Bonchev–Trinajstić information content (AvgIpc) is 2.91. The first-order chi connectivity index (χ1) is 8.20. The van der Waals surface area contributed by atoms with Gasteiger partial charge in [-0.25, -0.2) is 4.98 Å². The lowest BCUT2D eigenvalue weighted by Gasteiger charge is -2.25. The molecule has 0 aliphatic heterocycles. The van der Waals surface area contributed by atoms with Crippen molar-refractivity contribution in [2.45, 2.75) is 12.6 Å². The van der Waals surface area contributed by atoms with E-state index < -0.39 is 0 Å². The van der Waals surface area contributed by atoms with Crippen LogP contribution in [0.3, 0.4) is 0 Å². The summed E-state index contributed by atoms with van der Waals surface area (Å²) in [4.78, 5) is 7.69. The molecule has 1 atom stereocenters. The molecule has 6 heteroatoms. The zero-order valence-corrected chi connectivity index (χ0v) is 11.9. The fourth-order valence-electron chi connectivity index (χ4n) is 1.70. The molecule has 17 heavy (non-hydrogen) atoms. The SMILES string of the molecule is CN(Cc1cscn1)C(CN)c1cc(Cl)cs1. The number of likely N-dealkylation sites (N-methyl/N-ethyl adjacent to an activating group) is 1. The molecule has 0 fully saturated rings. The van der Waals surface area contributed by atoms with E-state index in [0.717, 1.165) is 17.3 Å². The maximum absolute atomic E-state index is 5.95. The summed E-state index contributed by atoms with van der Waals surface area (Å²) < 4.78 is 0. The zero-order chi connectivity index (χ0) is 12.3. The van der Waals surface area contributed by atoms with Gasteiger partial charge in [-0.1, -0.05) is 11.6 Å². The topological polar surface area (TPSA) is 42.2 Å². The van der Waals surface area contributed by atoms with Gasteiger partial charge in [0.05, 0.1) is 22.3 Å². The van der Waals surface area contributed by atoms with Crippen molar-refractivity contribution in [3.05, 3.63) is 37.9 Å². The average molecular weight is 288 g/mol. The Bertz CT molecular complexity index is 455. The highest BCUT2D eigenvalue weighted by molar-refractivity contribution is 7.10. The van der Waals surface area contributed by atoms with Gasteiger partial charge in [-0.15, -0.1) is 22.7 Å². The van der Waals surface area contributed by atoms with Gasteiger partial charge in [-0.2, -0.15) is 0 Å². The fraction of sp³-hybridized carbons (Fsp3) is 0.364. The van der Waals surface area contributed by atoms with Crippen LogP contribution >= 0.6 is 34.3 Å². The molecule has 0 aliphatic carbocycles. The van der Waals surface area contributed by atoms with Crippen LogP contribution in [0.4, 0.5) is 0 Å². The Morgan fingerprint density at radius 1 is 1.53 bits per heavy atom. The van der Waals surface area contributed by atoms with Gasteiger partial charge in [0.1, 0.15) is 0 Å². The summed E-state index contributed by atoms with van der Waals surface area (Å²) in [5, 5.41) is 4.78. The fourth-order valence-corrected chi connectivity index (χ4v) is 3.51. The Labute approximate surface area is 114 Å². The van der Waals surface area contributed by atoms with Crippen molar-refractivity contribution >= 4 is 34.3 Å². The van der Waals surface area contributed by atoms with Crippen molar-refractivity contribution in [2.75, 3.05) is 13.6 Å². The molecule has 0 saturated heterocycles. The summed E-state index contributed by atoms with van der Waals surface area (Å²) in [6, 6.07) is 2.19. The van der Waals surface area contributed by atoms with Crippen LogP contribution in [-0.4, -0.2) is 23.5 Å². The van der Waals surface area contributed by atoms with Crippen LogP contribution in [0.1, 0.15) is 16.6 Å². The number of halogens is 1. The smallest absolute Gasteiger partial charge is 0.0795 e. The van der Waals surface area contributed by atoms with Gasteiger partial charge in [-0.3, -0.25) is 4.90 Å². The van der Waals surface area contributed by atoms with E-state index in [1.807, 2.05) is 17.0 Å². The molecule has 2 N–H and O–H groups in total. The maximum Gasteiger partial charge on any atom is 0.0795 e. The largest absolute Gasteiger partial charge is 0.329 e. The Hall–Kier alpha value is -0.460. The predicted octanol–water partition coefficient (Wildman–Crippen LogP) is 2.99. The van der Waals surface area contributed by atoms with E-state index in [4.69, 9.17) is 17.3 Å². The molecule has 0 radical (unpaired) electrons. The van der Waals surface area contributed by atoms with E-state index in [-0.39, 0.29) is 6.04 Å². The van der Waals surface area contributed by atoms with Crippen LogP contribution in [0.25, 0.3) is 0 Å². The molecule has 0 spiro atoms. The van der Waals surface area contributed by atoms with Gasteiger partial charge in [-0.05, 0) is 13.1 Å². The molecule has 2 aromatic heterocycles. The Morgan fingerprint density at radius 3 is 2.88 bits per heavy atom. The van der Waals surface area contributed by atoms with E-state index in [1.165, 1.54) is 4.88 Å². The van der Waals surface area contributed by atoms with Crippen molar-refractivity contribution in [3.8, 4) is 0 Å². The summed E-state index contributed by atoms with van der Waals surface area (Å²) in [6.07, 6.45) is 0. The minimum Gasteiger partial charge on any atom is -0.329 e. The highest BCUT2D eigenvalue weighted by Gasteiger charge is 2.18. The molecule has 1 unspecified atom stereocenters. The second-order valence-corrected chi connectivity index (χ2v) is 5.91. The normalized spacial score (nSPS) is 13.2. The number of hydrogen-bond acceptors (Lipinski definition) is 5. The first kappa shape index (κ1) is 13.0. The van der Waals surface area contributed by atoms with E-state index in [1.54, 1.807) is 22.7 Å². The zero-order valence-electron chi connectivity index (χ0n) is 9.47. The third kappa shape index (κ3) is 3.26. The molecule has 0 amide bonds. The number of aromatic nitrogens is 1. The minimum absolute atomic E-state index is 0.203. The number of nitrogens with two attached hydrogens (primary N) is 1. The summed E-state index contributed by atoms with van der Waals surface area (Å²) >= 11 is 9.21. The minimum atomic E-state index is 0.203. The molecule has 0 saturated carbocycles. The van der Waals surface area contributed by atoms with Crippen molar-refractivity contribution in [1.29, 1.82) is 0 Å². The molecule has 3 nitrogen and oxygen atoms in total. The Morgan fingerprint density at radius 2 is 2.35 bits per heavy atom. The molecular formula is C11H14ClN3S2. The summed E-state index contributed by atoms with van der Waals surface area (Å²) in [5.41, 5.74) is 8.78. The molecule has 0 aromatic carbocycles. The van der Waals surface area contributed by atoms with E-state index >= 15 is 0 Å². The quantitative estimate of drug-likeness (QED) is 0.919. The van der Waals surface area contributed by atoms with E-state index in [2.05, 4.69) is 22.3 Å². The molecule has 0 bridgehead atoms. The number of nitrogens with zero attached hydrogens (tertiary/aromatic N) is 2. The van der Waals surface area contributed by atoms with Gasteiger partial charge in [0, 0.05) is 28.7 Å². The summed E-state index contributed by atoms with van der Waals surface area (Å²) in [5.74, 6) is 0. The van der Waals surface area contributed by atoms with Crippen molar-refractivity contribution in [1.82, 2.24) is 9.88 Å². The monoisotopic (exact) mass is 287 g/mol. The predicted molar refractivity (Wildman–Crippen MR) is 74.7 cm³/mol. The van der Waals surface area contributed by atoms with Crippen molar-refractivity contribution in [3.63, 3.8) is 0 Å². The van der Waals surface area contributed by atoms with E-state index in [9.17, 15) is 0 Å². The van der Waals surface area contributed by atoms with Crippen LogP contribution in [0.2, 0.25) is 5.02 Å². The molecular weight excluding hydrogens is 274 g/mol. The number of thiophene rings is 1. The van der Waals surface area contributed by atoms with Gasteiger partial charge in [0.2, 0.25) is 0 Å². The summed E-state index contributed by atoms with van der Waals surface area (Å²) in [6.45, 7) is 1.39. The van der Waals surface area contributed by atoms with Crippen LogP contribution in [0.15, 0.2) is 22.3 Å². The highest BCUT2D eigenvalue weighted by atomic mass is 35.5. The molecule has 2 aromatic rings. The van der Waals surface area contributed by atoms with Crippen LogP contribution in [0.5, 0.6) is 0 Å². The standard InChI is InChI=1S/C11H14ClN3S2/c1-15(4-9-6-16-7-14-9)10(3-13)11-2-8(12)5-17-11/h2,5-7,10H,3-4,13H2,1H3. The highest BCUT2D eigenvalue weighted by Crippen LogP contribution is 2.28. The number of thiazole rings is 1. The lowest BCUT2D eigenvalue weighted by Crippen LogP contribution is -2.29. The first-order valence-corrected chi connectivity index (χ1v) is 7.42. The van der Waals surface area contributed by atoms with Gasteiger partial charge in [0.15, 0.2) is 0 Å². The summed E-state index contributed by atoms with van der Waals surface area (Å²) in [7, 11) is 2.06. The van der Waals surface area contributed by atoms with Crippen LogP contribution < -0.4 is 5.73 Å². The van der Waals surface area contributed by atoms with Gasteiger partial charge < -0.3 is 5.73 Å². The second-order valence-electron chi connectivity index (χ2n) is 3.81. The first-order valence-electron chi connectivity index (χ1n) is 5.22. The van der Waals surface area contributed by atoms with E-state index in [0.29, 0.717) is 6.54 Å². The van der Waals surface area contributed by atoms with Crippen LogP contribution in [0, 0.1) is 0 Å². The number of hydrogen-bond donors (Lipinski definition) is 1. The molecule has 0 aliphatic rings. The third-order valence-electron chi connectivity index (χ3n) is 2.57. The third-order valence-corrected chi connectivity index (χ3v) is 4.58. The Kier molecular flexibility index (Phi) is 4.53. The lowest BCUT2D eigenvalue weighted by atomic mass is 10.2. The van der Waals surface area contributed by atoms with Crippen molar-refractivity contribution < 1.29 is 0 Å². The molecule has 2 rings (SSSR count). The van der Waals surface area contributed by atoms with Crippen LogP contribution in [-0.2, 0) is 6.54 Å². The second kappa shape index (κ2) is 5.93.